The molecule has 2 aromatic heterocycles. The molecule has 0 saturated carbocycles. The lowest BCUT2D eigenvalue weighted by Gasteiger charge is -2.34. The molecule has 1 saturated heterocycles. The zero-order valence-corrected chi connectivity index (χ0v) is 17.9. The minimum Gasteiger partial charge on any atom is -0.494 e. The van der Waals surface area contributed by atoms with Crippen molar-refractivity contribution in [3.63, 3.8) is 0 Å². The fourth-order valence-electron chi connectivity index (χ4n) is 3.80. The zero-order valence-electron chi connectivity index (χ0n) is 16.2. The van der Waals surface area contributed by atoms with Crippen LogP contribution < -0.4 is 14.5 Å². The quantitative estimate of drug-likeness (QED) is 0.483. The van der Waals surface area contributed by atoms with Gasteiger partial charge < -0.3 is 14.5 Å². The molecule has 2 aromatic carbocycles. The van der Waals surface area contributed by atoms with E-state index in [1.165, 1.54) is 20.5 Å². The summed E-state index contributed by atoms with van der Waals surface area (Å²) in [5, 5.41) is 2.21. The van der Waals surface area contributed by atoms with Gasteiger partial charge in [-0.25, -0.2) is 9.97 Å². The Hall–Kier alpha value is -2.38. The first-order valence-corrected chi connectivity index (χ1v) is 11.1. The summed E-state index contributed by atoms with van der Waals surface area (Å²) in [7, 11) is 1.70. The van der Waals surface area contributed by atoms with E-state index in [0.717, 1.165) is 53.2 Å². The van der Waals surface area contributed by atoms with Crippen molar-refractivity contribution < 1.29 is 4.74 Å². The van der Waals surface area contributed by atoms with Gasteiger partial charge in [-0.1, -0.05) is 34.8 Å². The van der Waals surface area contributed by atoms with E-state index < -0.39 is 0 Å². The van der Waals surface area contributed by atoms with Crippen molar-refractivity contribution in [1.82, 2.24) is 9.97 Å². The maximum Gasteiger partial charge on any atom is 0.186 e. The number of hydrogen-bond donors (Lipinski definition) is 0. The number of aryl methyl sites for hydroxylation is 2. The Morgan fingerprint density at radius 1 is 0.929 bits per heavy atom. The summed E-state index contributed by atoms with van der Waals surface area (Å²) in [6.45, 7) is 8.15. The Balaban J connectivity index is 1.36. The predicted octanol–water partition coefficient (Wildman–Crippen LogP) is 4.86. The Labute approximate surface area is 172 Å². The fraction of sp³-hybridized carbons (Fsp3) is 0.333. The number of thiazole rings is 2. The zero-order chi connectivity index (χ0) is 19.3. The van der Waals surface area contributed by atoms with Crippen molar-refractivity contribution in [1.29, 1.82) is 0 Å². The van der Waals surface area contributed by atoms with Gasteiger partial charge in [0.15, 0.2) is 10.3 Å². The number of ether oxygens (including phenoxy) is 1. The lowest BCUT2D eigenvalue weighted by atomic mass is 10.1. The number of hydrogen-bond acceptors (Lipinski definition) is 7. The molecule has 0 unspecified atom stereocenters. The summed E-state index contributed by atoms with van der Waals surface area (Å²) in [4.78, 5) is 14.5. The molecule has 1 aliphatic rings. The van der Waals surface area contributed by atoms with E-state index in [4.69, 9.17) is 14.7 Å². The number of methoxy groups -OCH3 is 1. The first-order valence-electron chi connectivity index (χ1n) is 9.43. The van der Waals surface area contributed by atoms with Crippen LogP contribution in [0.3, 0.4) is 0 Å². The van der Waals surface area contributed by atoms with E-state index in [1.54, 1.807) is 18.4 Å². The number of fused-ring (bicyclic) bond motifs is 2. The molecule has 0 aliphatic carbocycles. The van der Waals surface area contributed by atoms with Crippen LogP contribution in [-0.2, 0) is 0 Å². The van der Waals surface area contributed by atoms with Crippen LogP contribution in [-0.4, -0.2) is 43.3 Å². The van der Waals surface area contributed by atoms with Crippen LogP contribution in [0.25, 0.3) is 20.4 Å². The van der Waals surface area contributed by atoms with Crippen molar-refractivity contribution in [2.24, 2.45) is 0 Å². The second-order valence-corrected chi connectivity index (χ2v) is 9.19. The Kier molecular flexibility index (Phi) is 4.36. The molecule has 28 heavy (non-hydrogen) atoms. The maximum absolute atomic E-state index is 5.46. The fourth-order valence-corrected chi connectivity index (χ4v) is 5.90. The standard InChI is InChI=1S/C21H22N4OS2/c1-13-11-14(2)19-15(12-13)22-20(28-19)24-7-9-25(10-8-24)21-23-18-16(26-3)5-4-6-17(18)27-21/h4-6,11-12H,7-10H2,1-3H3. The van der Waals surface area contributed by atoms with Crippen LogP contribution >= 0.6 is 22.7 Å². The maximum atomic E-state index is 5.46. The molecule has 144 valence electrons. The molecule has 0 bridgehead atoms. The van der Waals surface area contributed by atoms with Gasteiger partial charge >= 0.3 is 0 Å². The molecule has 5 nitrogen and oxygen atoms in total. The van der Waals surface area contributed by atoms with Crippen molar-refractivity contribution in [2.75, 3.05) is 43.1 Å². The summed E-state index contributed by atoms with van der Waals surface area (Å²) in [6, 6.07) is 10.5. The van der Waals surface area contributed by atoms with E-state index in [0.29, 0.717) is 0 Å². The monoisotopic (exact) mass is 410 g/mol. The molecule has 1 fully saturated rings. The van der Waals surface area contributed by atoms with Gasteiger partial charge in [0.2, 0.25) is 0 Å². The third-order valence-corrected chi connectivity index (χ3v) is 7.57. The topological polar surface area (TPSA) is 41.5 Å². The highest BCUT2D eigenvalue weighted by atomic mass is 32.1. The minimum absolute atomic E-state index is 0.846. The largest absolute Gasteiger partial charge is 0.494 e. The lowest BCUT2D eigenvalue weighted by Crippen LogP contribution is -2.46. The molecule has 0 amide bonds. The molecule has 5 rings (SSSR count). The molecule has 1 aliphatic heterocycles. The van der Waals surface area contributed by atoms with E-state index in [9.17, 15) is 0 Å². The Bertz CT molecular complexity index is 1160. The van der Waals surface area contributed by atoms with E-state index in [1.807, 2.05) is 23.5 Å². The molecule has 0 atom stereocenters. The van der Waals surface area contributed by atoms with Gasteiger partial charge in [0.1, 0.15) is 11.3 Å². The number of piperazine rings is 1. The summed E-state index contributed by atoms with van der Waals surface area (Å²) >= 11 is 3.55. The Morgan fingerprint density at radius 2 is 1.64 bits per heavy atom. The average Bonchev–Trinajstić information content (AvgIpc) is 3.32. The molecule has 7 heteroatoms. The second kappa shape index (κ2) is 6.90. The highest BCUT2D eigenvalue weighted by Gasteiger charge is 2.23. The average molecular weight is 411 g/mol. The summed E-state index contributed by atoms with van der Waals surface area (Å²) in [6.07, 6.45) is 0. The Morgan fingerprint density at radius 3 is 2.36 bits per heavy atom. The van der Waals surface area contributed by atoms with Crippen molar-refractivity contribution >= 4 is 53.4 Å². The summed E-state index contributed by atoms with van der Waals surface area (Å²) < 4.78 is 7.94. The number of benzene rings is 2. The van der Waals surface area contributed by atoms with Crippen molar-refractivity contribution in [2.45, 2.75) is 13.8 Å². The number of nitrogens with zero attached hydrogens (tertiary/aromatic N) is 4. The van der Waals surface area contributed by atoms with Crippen LogP contribution in [0.2, 0.25) is 0 Å². The van der Waals surface area contributed by atoms with Crippen LogP contribution in [0.15, 0.2) is 30.3 Å². The normalized spacial score (nSPS) is 15.0. The van der Waals surface area contributed by atoms with Gasteiger partial charge in [-0.15, -0.1) is 0 Å². The van der Waals surface area contributed by atoms with Crippen molar-refractivity contribution in [3.8, 4) is 5.75 Å². The van der Waals surface area contributed by atoms with E-state index >= 15 is 0 Å². The third kappa shape index (κ3) is 2.99. The molecular formula is C21H22N4OS2. The SMILES string of the molecule is COc1cccc2sc(N3CCN(c4nc5cc(C)cc(C)c5s4)CC3)nc12. The lowest BCUT2D eigenvalue weighted by molar-refractivity contribution is 0.419. The number of rotatable bonds is 3. The van der Waals surface area contributed by atoms with E-state index in [2.05, 4.69) is 41.8 Å². The van der Waals surface area contributed by atoms with Crippen LogP contribution in [0.4, 0.5) is 10.3 Å². The van der Waals surface area contributed by atoms with Gasteiger partial charge in [0, 0.05) is 26.2 Å². The first kappa shape index (κ1) is 17.7. The predicted molar refractivity (Wildman–Crippen MR) is 120 cm³/mol. The molecule has 0 spiro atoms. The smallest absolute Gasteiger partial charge is 0.186 e. The minimum atomic E-state index is 0.846. The van der Waals surface area contributed by atoms with Crippen molar-refractivity contribution in [3.05, 3.63) is 41.5 Å². The highest BCUT2D eigenvalue weighted by Crippen LogP contribution is 2.36. The van der Waals surface area contributed by atoms with Gasteiger partial charge in [-0.2, -0.15) is 0 Å². The first-order chi connectivity index (χ1) is 13.6. The number of aromatic nitrogens is 2. The van der Waals surface area contributed by atoms with Gasteiger partial charge in [0.25, 0.3) is 0 Å². The van der Waals surface area contributed by atoms with Crippen LogP contribution in [0.1, 0.15) is 11.1 Å². The van der Waals surface area contributed by atoms with E-state index in [-0.39, 0.29) is 0 Å². The molecule has 0 N–H and O–H groups in total. The van der Waals surface area contributed by atoms with Crippen LogP contribution in [0.5, 0.6) is 5.75 Å². The summed E-state index contributed by atoms with van der Waals surface area (Å²) in [5.41, 5.74) is 4.68. The molecule has 4 aromatic rings. The molecule has 0 radical (unpaired) electrons. The summed E-state index contributed by atoms with van der Waals surface area (Å²) in [5.74, 6) is 0.846. The number of anilines is 2. The number of para-hydroxylation sites is 1. The second-order valence-electron chi connectivity index (χ2n) is 7.20. The van der Waals surface area contributed by atoms with Gasteiger partial charge in [-0.3, -0.25) is 0 Å². The highest BCUT2D eigenvalue weighted by molar-refractivity contribution is 7.22. The molecule has 3 heterocycles. The van der Waals surface area contributed by atoms with Gasteiger partial charge in [-0.05, 0) is 43.2 Å². The third-order valence-electron chi connectivity index (χ3n) is 5.22. The van der Waals surface area contributed by atoms with Gasteiger partial charge in [0.05, 0.1) is 22.0 Å². The van der Waals surface area contributed by atoms with Crippen LogP contribution in [0, 0.1) is 13.8 Å². The molecular weight excluding hydrogens is 388 g/mol.